The predicted octanol–water partition coefficient (Wildman–Crippen LogP) is 6.96. The van der Waals surface area contributed by atoms with Crippen molar-refractivity contribution in [2.75, 3.05) is 0 Å². The standard InChI is InChI=1S/C12H17Br2ClS/c1-2-3-4-5-6-7-9(13)11-8-10(15)12(14)16-11/h8-9H,2-7H2,1H3. The van der Waals surface area contributed by atoms with E-state index in [1.807, 2.05) is 0 Å². The van der Waals surface area contributed by atoms with Crippen molar-refractivity contribution in [2.24, 2.45) is 0 Å². The van der Waals surface area contributed by atoms with Gasteiger partial charge in [0, 0.05) is 9.70 Å². The van der Waals surface area contributed by atoms with Crippen molar-refractivity contribution in [3.05, 3.63) is 19.8 Å². The number of halogens is 3. The van der Waals surface area contributed by atoms with Gasteiger partial charge in [0.15, 0.2) is 0 Å². The lowest BCUT2D eigenvalue weighted by Crippen LogP contribution is -1.86. The molecule has 0 aliphatic heterocycles. The minimum atomic E-state index is 0.461. The minimum absolute atomic E-state index is 0.461. The van der Waals surface area contributed by atoms with E-state index < -0.39 is 0 Å². The van der Waals surface area contributed by atoms with Crippen LogP contribution in [0.2, 0.25) is 5.02 Å². The molecule has 0 bridgehead atoms. The van der Waals surface area contributed by atoms with Gasteiger partial charge >= 0.3 is 0 Å². The van der Waals surface area contributed by atoms with Gasteiger partial charge in [-0.3, -0.25) is 0 Å². The Balaban J connectivity index is 2.27. The van der Waals surface area contributed by atoms with Crippen molar-refractivity contribution >= 4 is 54.8 Å². The van der Waals surface area contributed by atoms with Crippen molar-refractivity contribution in [3.63, 3.8) is 0 Å². The van der Waals surface area contributed by atoms with Crippen molar-refractivity contribution in [1.29, 1.82) is 0 Å². The molecule has 0 amide bonds. The van der Waals surface area contributed by atoms with Gasteiger partial charge in [-0.2, -0.15) is 0 Å². The number of unbranched alkanes of at least 4 members (excludes halogenated alkanes) is 4. The highest BCUT2D eigenvalue weighted by Crippen LogP contribution is 2.40. The highest BCUT2D eigenvalue weighted by molar-refractivity contribution is 9.11. The molecule has 4 heteroatoms. The first kappa shape index (κ1) is 15.0. The lowest BCUT2D eigenvalue weighted by atomic mass is 10.1. The Hall–Kier alpha value is 0.950. The Morgan fingerprint density at radius 3 is 2.56 bits per heavy atom. The molecule has 0 aliphatic rings. The van der Waals surface area contributed by atoms with Crippen LogP contribution in [0.25, 0.3) is 0 Å². The molecule has 0 saturated carbocycles. The molecule has 1 atom stereocenters. The molecule has 92 valence electrons. The van der Waals surface area contributed by atoms with Crippen LogP contribution < -0.4 is 0 Å². The number of alkyl halides is 1. The van der Waals surface area contributed by atoms with Crippen LogP contribution in [0.4, 0.5) is 0 Å². The van der Waals surface area contributed by atoms with E-state index in [-0.39, 0.29) is 0 Å². The molecule has 1 aromatic heterocycles. The Kier molecular flexibility index (Phi) is 7.62. The molecule has 1 heterocycles. The van der Waals surface area contributed by atoms with E-state index in [2.05, 4.69) is 44.8 Å². The lowest BCUT2D eigenvalue weighted by Gasteiger charge is -2.06. The second-order valence-electron chi connectivity index (χ2n) is 3.94. The van der Waals surface area contributed by atoms with Gasteiger partial charge < -0.3 is 0 Å². The Morgan fingerprint density at radius 2 is 2.00 bits per heavy atom. The first-order valence-electron chi connectivity index (χ1n) is 5.74. The van der Waals surface area contributed by atoms with Gasteiger partial charge in [0.1, 0.15) is 0 Å². The van der Waals surface area contributed by atoms with Crippen LogP contribution in [0.1, 0.15) is 55.2 Å². The smallest absolute Gasteiger partial charge is 0.0887 e. The summed E-state index contributed by atoms with van der Waals surface area (Å²) < 4.78 is 1.04. The molecule has 16 heavy (non-hydrogen) atoms. The van der Waals surface area contributed by atoms with E-state index in [0.717, 1.165) is 8.81 Å². The lowest BCUT2D eigenvalue weighted by molar-refractivity contribution is 0.607. The molecular weight excluding hydrogens is 371 g/mol. The molecule has 0 N–H and O–H groups in total. The van der Waals surface area contributed by atoms with Crippen LogP contribution in [0.5, 0.6) is 0 Å². The molecule has 0 radical (unpaired) electrons. The topological polar surface area (TPSA) is 0 Å². The van der Waals surface area contributed by atoms with Crippen molar-refractivity contribution in [2.45, 2.75) is 50.3 Å². The van der Waals surface area contributed by atoms with Gasteiger partial charge in [0.25, 0.3) is 0 Å². The zero-order valence-corrected chi connectivity index (χ0v) is 14.2. The molecule has 1 aromatic rings. The van der Waals surface area contributed by atoms with Crippen LogP contribution in [-0.2, 0) is 0 Å². The summed E-state index contributed by atoms with van der Waals surface area (Å²) in [6, 6.07) is 2.06. The van der Waals surface area contributed by atoms with Gasteiger partial charge in [-0.15, -0.1) is 11.3 Å². The number of hydrogen-bond acceptors (Lipinski definition) is 1. The van der Waals surface area contributed by atoms with Crippen LogP contribution in [0, 0.1) is 0 Å². The predicted molar refractivity (Wildman–Crippen MR) is 82.1 cm³/mol. The average molecular weight is 389 g/mol. The van der Waals surface area contributed by atoms with Crippen molar-refractivity contribution < 1.29 is 0 Å². The van der Waals surface area contributed by atoms with Gasteiger partial charge in [-0.25, -0.2) is 0 Å². The molecule has 0 aliphatic carbocycles. The summed E-state index contributed by atoms with van der Waals surface area (Å²) in [6.45, 7) is 2.25. The molecule has 0 fully saturated rings. The molecule has 0 aromatic carbocycles. The summed E-state index contributed by atoms with van der Waals surface area (Å²) in [6.07, 6.45) is 7.88. The van der Waals surface area contributed by atoms with Crippen LogP contribution >= 0.6 is 54.8 Å². The molecule has 0 nitrogen and oxygen atoms in total. The molecule has 0 spiro atoms. The Morgan fingerprint density at radius 1 is 1.31 bits per heavy atom. The first-order chi connectivity index (χ1) is 7.65. The molecular formula is C12H17Br2ClS. The highest BCUT2D eigenvalue weighted by atomic mass is 79.9. The Labute approximate surface area is 124 Å². The SMILES string of the molecule is CCCCCCCC(Br)c1cc(Cl)c(Br)s1. The minimum Gasteiger partial charge on any atom is -0.130 e. The van der Waals surface area contributed by atoms with Crippen LogP contribution in [0.3, 0.4) is 0 Å². The third-order valence-corrected chi connectivity index (χ3v) is 6.38. The maximum absolute atomic E-state index is 6.02. The summed E-state index contributed by atoms with van der Waals surface area (Å²) in [7, 11) is 0. The van der Waals surface area contributed by atoms with Crippen LogP contribution in [-0.4, -0.2) is 0 Å². The normalized spacial score (nSPS) is 13.0. The van der Waals surface area contributed by atoms with Gasteiger partial charge in [0.2, 0.25) is 0 Å². The second kappa shape index (κ2) is 8.12. The maximum atomic E-state index is 6.02. The maximum Gasteiger partial charge on any atom is 0.0887 e. The fraction of sp³-hybridized carbons (Fsp3) is 0.667. The largest absolute Gasteiger partial charge is 0.130 e. The summed E-state index contributed by atoms with van der Waals surface area (Å²) >= 11 is 14.9. The van der Waals surface area contributed by atoms with Crippen molar-refractivity contribution in [3.8, 4) is 0 Å². The van der Waals surface area contributed by atoms with Crippen molar-refractivity contribution in [1.82, 2.24) is 0 Å². The van der Waals surface area contributed by atoms with E-state index in [0.29, 0.717) is 4.83 Å². The zero-order valence-electron chi connectivity index (χ0n) is 9.44. The monoisotopic (exact) mass is 386 g/mol. The van der Waals surface area contributed by atoms with E-state index in [9.17, 15) is 0 Å². The summed E-state index contributed by atoms with van der Waals surface area (Å²) in [5.74, 6) is 0. The van der Waals surface area contributed by atoms with E-state index in [4.69, 9.17) is 11.6 Å². The third-order valence-electron chi connectivity index (χ3n) is 2.53. The summed E-state index contributed by atoms with van der Waals surface area (Å²) in [5.41, 5.74) is 0. The van der Waals surface area contributed by atoms with E-state index >= 15 is 0 Å². The summed E-state index contributed by atoms with van der Waals surface area (Å²) in [5, 5.41) is 0.829. The number of thiophene rings is 1. The molecule has 1 unspecified atom stereocenters. The zero-order chi connectivity index (χ0) is 12.0. The quantitative estimate of drug-likeness (QED) is 0.350. The van der Waals surface area contributed by atoms with Gasteiger partial charge in [0.05, 0.1) is 8.81 Å². The fourth-order valence-electron chi connectivity index (χ4n) is 1.59. The Bertz CT molecular complexity index is 292. The van der Waals surface area contributed by atoms with Crippen LogP contribution in [0.15, 0.2) is 9.85 Å². The number of rotatable bonds is 7. The van der Waals surface area contributed by atoms with Gasteiger partial charge in [-0.05, 0) is 28.4 Å². The van der Waals surface area contributed by atoms with E-state index in [1.54, 1.807) is 11.3 Å². The third kappa shape index (κ3) is 5.07. The number of hydrogen-bond donors (Lipinski definition) is 0. The molecule has 0 saturated heterocycles. The van der Waals surface area contributed by atoms with Gasteiger partial charge in [-0.1, -0.05) is 66.6 Å². The molecule has 1 rings (SSSR count). The highest BCUT2D eigenvalue weighted by Gasteiger charge is 2.12. The average Bonchev–Trinajstić information content (AvgIpc) is 2.59. The fourth-order valence-corrected chi connectivity index (χ4v) is 4.08. The second-order valence-corrected chi connectivity index (χ2v) is 7.86. The van der Waals surface area contributed by atoms with E-state index in [1.165, 1.54) is 43.4 Å². The first-order valence-corrected chi connectivity index (χ1v) is 8.64. The summed E-state index contributed by atoms with van der Waals surface area (Å²) in [4.78, 5) is 1.79.